The Kier molecular flexibility index (Phi) is 8.65. The van der Waals surface area contributed by atoms with Crippen molar-refractivity contribution in [3.8, 4) is 11.5 Å². The standard InChI is InChI=1S/C25H33N3O5S/c1-2-3-10-26-25(30)28(15-20-6-4-11-31-20)17-24(29)27(16-21-7-5-12-34-21)14-19-8-9-22-23(13-19)33-18-32-22/h5,7-9,12-13,20H,2-4,6,10-11,14-18H2,1H3,(H,26,30). The van der Waals surface area contributed by atoms with Crippen molar-refractivity contribution in [3.63, 3.8) is 0 Å². The number of fused-ring (bicyclic) bond motifs is 1. The number of hydrogen-bond acceptors (Lipinski definition) is 6. The first-order valence-corrected chi connectivity index (χ1v) is 12.8. The number of thiophene rings is 1. The maximum atomic E-state index is 13.5. The molecule has 8 nitrogen and oxygen atoms in total. The molecular weight excluding hydrogens is 454 g/mol. The number of amides is 3. The van der Waals surface area contributed by atoms with E-state index in [4.69, 9.17) is 14.2 Å². The van der Waals surface area contributed by atoms with Gasteiger partial charge in [0.1, 0.15) is 6.54 Å². The SMILES string of the molecule is CCCCNC(=O)N(CC(=O)N(Cc1ccc2c(c1)OCO2)Cc1cccs1)CC1CCCO1. The number of nitrogens with zero attached hydrogens (tertiary/aromatic N) is 2. The predicted octanol–water partition coefficient (Wildman–Crippen LogP) is 4.00. The number of carbonyl (C=O) groups excluding carboxylic acids is 2. The molecule has 0 saturated carbocycles. The molecule has 1 atom stereocenters. The molecule has 2 aliphatic rings. The lowest BCUT2D eigenvalue weighted by Crippen LogP contribution is -2.49. The summed E-state index contributed by atoms with van der Waals surface area (Å²) in [5, 5.41) is 4.96. The van der Waals surface area contributed by atoms with Gasteiger partial charge in [-0.3, -0.25) is 4.79 Å². The quantitative estimate of drug-likeness (QED) is 0.485. The summed E-state index contributed by atoms with van der Waals surface area (Å²) < 4.78 is 16.7. The topological polar surface area (TPSA) is 80.3 Å². The van der Waals surface area contributed by atoms with Gasteiger partial charge in [0.05, 0.1) is 12.6 Å². The molecule has 2 aliphatic heterocycles. The molecule has 1 aromatic carbocycles. The van der Waals surface area contributed by atoms with E-state index in [1.807, 2.05) is 35.7 Å². The van der Waals surface area contributed by atoms with Crippen LogP contribution in [0.25, 0.3) is 0 Å². The third-order valence-corrected chi connectivity index (χ3v) is 6.82. The predicted molar refractivity (Wildman–Crippen MR) is 130 cm³/mol. The number of carbonyl (C=O) groups is 2. The van der Waals surface area contributed by atoms with E-state index in [1.54, 1.807) is 21.1 Å². The number of benzene rings is 1. The highest BCUT2D eigenvalue weighted by atomic mass is 32.1. The molecule has 1 N–H and O–H groups in total. The van der Waals surface area contributed by atoms with Crippen molar-refractivity contribution < 1.29 is 23.8 Å². The normalized spacial score (nSPS) is 16.4. The largest absolute Gasteiger partial charge is 0.454 e. The molecule has 9 heteroatoms. The molecular formula is C25H33N3O5S. The molecule has 0 bridgehead atoms. The van der Waals surface area contributed by atoms with E-state index in [1.165, 1.54) is 0 Å². The fourth-order valence-electron chi connectivity index (χ4n) is 4.08. The molecule has 0 aliphatic carbocycles. The summed E-state index contributed by atoms with van der Waals surface area (Å²) in [4.78, 5) is 31.0. The zero-order chi connectivity index (χ0) is 23.8. The summed E-state index contributed by atoms with van der Waals surface area (Å²) >= 11 is 1.61. The summed E-state index contributed by atoms with van der Waals surface area (Å²) in [5.41, 5.74) is 0.951. The Morgan fingerprint density at radius 3 is 2.79 bits per heavy atom. The number of hydrogen-bond donors (Lipinski definition) is 1. The third kappa shape index (κ3) is 6.64. The Balaban J connectivity index is 1.47. The molecule has 2 aromatic rings. The second-order valence-electron chi connectivity index (χ2n) is 8.62. The number of nitrogens with one attached hydrogen (secondary N) is 1. The number of urea groups is 1. The monoisotopic (exact) mass is 487 g/mol. The number of rotatable bonds is 11. The summed E-state index contributed by atoms with van der Waals surface area (Å²) in [6, 6.07) is 9.52. The van der Waals surface area contributed by atoms with E-state index in [2.05, 4.69) is 12.2 Å². The molecule has 3 amide bonds. The summed E-state index contributed by atoms with van der Waals surface area (Å²) in [5.74, 6) is 1.30. The average molecular weight is 488 g/mol. The molecule has 1 saturated heterocycles. The first kappa shape index (κ1) is 24.3. The van der Waals surface area contributed by atoms with Crippen LogP contribution in [0, 0.1) is 0 Å². The van der Waals surface area contributed by atoms with Crippen molar-refractivity contribution in [1.82, 2.24) is 15.1 Å². The van der Waals surface area contributed by atoms with Gasteiger partial charge in [-0.25, -0.2) is 4.79 Å². The Morgan fingerprint density at radius 2 is 2.03 bits per heavy atom. The zero-order valence-electron chi connectivity index (χ0n) is 19.7. The average Bonchev–Trinajstić information content (AvgIpc) is 3.61. The molecule has 1 unspecified atom stereocenters. The van der Waals surface area contributed by atoms with Gasteiger partial charge in [-0.05, 0) is 48.4 Å². The lowest BCUT2D eigenvalue weighted by atomic mass is 10.1. The van der Waals surface area contributed by atoms with Gasteiger partial charge in [0.25, 0.3) is 0 Å². The maximum Gasteiger partial charge on any atom is 0.317 e. The highest BCUT2D eigenvalue weighted by Gasteiger charge is 2.27. The van der Waals surface area contributed by atoms with Gasteiger partial charge in [0.2, 0.25) is 12.7 Å². The number of ether oxygens (including phenoxy) is 3. The van der Waals surface area contributed by atoms with Crippen molar-refractivity contribution in [2.24, 2.45) is 0 Å². The lowest BCUT2D eigenvalue weighted by Gasteiger charge is -2.29. The molecule has 4 rings (SSSR count). The van der Waals surface area contributed by atoms with Crippen molar-refractivity contribution in [3.05, 3.63) is 46.2 Å². The molecule has 184 valence electrons. The highest BCUT2D eigenvalue weighted by molar-refractivity contribution is 7.09. The first-order chi connectivity index (χ1) is 16.6. The first-order valence-electron chi connectivity index (χ1n) is 12.0. The number of unbranched alkanes of at least 4 members (excludes halogenated alkanes) is 1. The molecule has 1 aromatic heterocycles. The minimum absolute atomic E-state index is 0.00768. The summed E-state index contributed by atoms with van der Waals surface area (Å²) in [6.45, 7) is 4.92. The van der Waals surface area contributed by atoms with Gasteiger partial charge in [-0.2, -0.15) is 0 Å². The van der Waals surface area contributed by atoms with Gasteiger partial charge in [0.15, 0.2) is 11.5 Å². The van der Waals surface area contributed by atoms with Crippen molar-refractivity contribution in [1.29, 1.82) is 0 Å². The Morgan fingerprint density at radius 1 is 1.15 bits per heavy atom. The van der Waals surface area contributed by atoms with Crippen molar-refractivity contribution in [2.45, 2.75) is 51.8 Å². The Labute approximate surface area is 204 Å². The zero-order valence-corrected chi connectivity index (χ0v) is 20.5. The second-order valence-corrected chi connectivity index (χ2v) is 9.65. The summed E-state index contributed by atoms with van der Waals surface area (Å²) in [7, 11) is 0. The fourth-order valence-corrected chi connectivity index (χ4v) is 4.80. The van der Waals surface area contributed by atoms with Gasteiger partial charge in [-0.1, -0.05) is 25.5 Å². The van der Waals surface area contributed by atoms with Crippen LogP contribution in [0.4, 0.5) is 4.79 Å². The van der Waals surface area contributed by atoms with Gasteiger partial charge in [0, 0.05) is 31.1 Å². The van der Waals surface area contributed by atoms with Crippen LogP contribution in [-0.4, -0.2) is 60.9 Å². The van der Waals surface area contributed by atoms with Crippen LogP contribution in [0.3, 0.4) is 0 Å². The minimum atomic E-state index is -0.212. The summed E-state index contributed by atoms with van der Waals surface area (Å²) in [6.07, 6.45) is 3.77. The van der Waals surface area contributed by atoms with Crippen LogP contribution in [0.1, 0.15) is 43.0 Å². The van der Waals surface area contributed by atoms with Crippen LogP contribution in [0.15, 0.2) is 35.7 Å². The van der Waals surface area contributed by atoms with E-state index >= 15 is 0 Å². The van der Waals surface area contributed by atoms with E-state index in [-0.39, 0.29) is 31.4 Å². The molecule has 0 radical (unpaired) electrons. The van der Waals surface area contributed by atoms with Crippen LogP contribution in [0.2, 0.25) is 0 Å². The Hall–Kier alpha value is -2.78. The van der Waals surface area contributed by atoms with Crippen LogP contribution in [0.5, 0.6) is 11.5 Å². The van der Waals surface area contributed by atoms with Crippen LogP contribution < -0.4 is 14.8 Å². The Bertz CT molecular complexity index is 946. The van der Waals surface area contributed by atoms with Gasteiger partial charge < -0.3 is 29.3 Å². The molecule has 3 heterocycles. The molecule has 34 heavy (non-hydrogen) atoms. The molecule has 1 fully saturated rings. The lowest BCUT2D eigenvalue weighted by molar-refractivity contribution is -0.133. The maximum absolute atomic E-state index is 13.5. The minimum Gasteiger partial charge on any atom is -0.454 e. The van der Waals surface area contributed by atoms with E-state index in [0.717, 1.165) is 36.1 Å². The van der Waals surface area contributed by atoms with Crippen LogP contribution >= 0.6 is 11.3 Å². The second kappa shape index (κ2) is 12.1. The van der Waals surface area contributed by atoms with E-state index in [9.17, 15) is 9.59 Å². The van der Waals surface area contributed by atoms with E-state index in [0.29, 0.717) is 44.3 Å². The van der Waals surface area contributed by atoms with Crippen molar-refractivity contribution in [2.75, 3.05) is 33.0 Å². The van der Waals surface area contributed by atoms with E-state index < -0.39 is 0 Å². The smallest absolute Gasteiger partial charge is 0.317 e. The van der Waals surface area contributed by atoms with Crippen molar-refractivity contribution >= 4 is 23.3 Å². The fraction of sp³-hybridized carbons (Fsp3) is 0.520. The third-order valence-electron chi connectivity index (χ3n) is 5.96. The highest BCUT2D eigenvalue weighted by Crippen LogP contribution is 2.33. The van der Waals surface area contributed by atoms with Crippen LogP contribution in [-0.2, 0) is 22.6 Å². The van der Waals surface area contributed by atoms with Gasteiger partial charge >= 0.3 is 6.03 Å². The van der Waals surface area contributed by atoms with Gasteiger partial charge in [-0.15, -0.1) is 11.3 Å². The molecule has 0 spiro atoms.